The Bertz CT molecular complexity index is 74.8. The van der Waals surface area contributed by atoms with E-state index in [0.717, 1.165) is 0 Å². The molecular formula is C5H8BFO. The average Bonchev–Trinajstić information content (AvgIpc) is 1.67. The molecule has 2 radical (unpaired) electrons. The van der Waals surface area contributed by atoms with E-state index >= 15 is 0 Å². The molecule has 0 rings (SSSR count). The quantitative estimate of drug-likeness (QED) is 0.393. The normalized spacial score (nSPS) is 17.2. The summed E-state index contributed by atoms with van der Waals surface area (Å²) in [4.78, 5) is 9.67. The molecule has 0 spiro atoms. The van der Waals surface area contributed by atoms with Gasteiger partial charge in [0.15, 0.2) is 0 Å². The molecule has 0 N–H and O–H groups in total. The molecule has 0 saturated carbocycles. The van der Waals surface area contributed by atoms with Crippen molar-refractivity contribution in [3.63, 3.8) is 0 Å². The Hall–Kier alpha value is -0.335. The van der Waals surface area contributed by atoms with Crippen LogP contribution >= 0.6 is 0 Å². The first-order chi connectivity index (χ1) is 3.68. The van der Waals surface area contributed by atoms with Gasteiger partial charge >= 0.3 is 0 Å². The van der Waals surface area contributed by atoms with Gasteiger partial charge in [-0.25, -0.2) is 4.39 Å². The molecular weight excluding hydrogens is 106 g/mol. The Morgan fingerprint density at radius 1 is 1.88 bits per heavy atom. The summed E-state index contributed by atoms with van der Waals surface area (Å²) in [6.45, 7) is 1.34. The van der Waals surface area contributed by atoms with Gasteiger partial charge in [0, 0.05) is 6.42 Å². The van der Waals surface area contributed by atoms with Crippen LogP contribution in [0.25, 0.3) is 0 Å². The molecule has 0 aliphatic heterocycles. The molecule has 0 aliphatic rings. The van der Waals surface area contributed by atoms with Crippen molar-refractivity contribution in [2.45, 2.75) is 25.3 Å². The topological polar surface area (TPSA) is 17.1 Å². The number of rotatable bonds is 3. The summed E-state index contributed by atoms with van der Waals surface area (Å²) < 4.78 is 12.0. The van der Waals surface area contributed by atoms with Crippen LogP contribution in [0.4, 0.5) is 4.39 Å². The third kappa shape index (κ3) is 2.78. The monoisotopic (exact) mass is 114 g/mol. The highest BCUT2D eigenvalue weighted by molar-refractivity contribution is 6.12. The summed E-state index contributed by atoms with van der Waals surface area (Å²) >= 11 is 0. The number of carbonyl (C=O) groups excluding carboxylic acids is 1. The van der Waals surface area contributed by atoms with Crippen molar-refractivity contribution in [1.29, 1.82) is 0 Å². The first-order valence-corrected chi connectivity index (χ1v) is 2.51. The van der Waals surface area contributed by atoms with Crippen molar-refractivity contribution in [1.82, 2.24) is 0 Å². The Morgan fingerprint density at radius 3 is 2.50 bits per heavy atom. The molecule has 0 saturated heterocycles. The molecule has 0 bridgehead atoms. The van der Waals surface area contributed by atoms with E-state index in [1.54, 1.807) is 0 Å². The van der Waals surface area contributed by atoms with Crippen LogP contribution in [-0.2, 0) is 4.79 Å². The summed E-state index contributed by atoms with van der Waals surface area (Å²) in [5.74, 6) is -0.618. The number of carbonyl (C=O) groups is 1. The average molecular weight is 114 g/mol. The van der Waals surface area contributed by atoms with Gasteiger partial charge in [0.2, 0.25) is 0 Å². The van der Waals surface area contributed by atoms with E-state index in [1.807, 2.05) is 0 Å². The van der Waals surface area contributed by atoms with Crippen LogP contribution in [0, 0.1) is 0 Å². The highest BCUT2D eigenvalue weighted by Gasteiger charge is 2.07. The summed E-state index contributed by atoms with van der Waals surface area (Å²) in [7, 11) is 5.12. The molecule has 1 nitrogen and oxygen atoms in total. The zero-order valence-electron chi connectivity index (χ0n) is 4.80. The maximum absolute atomic E-state index is 12.0. The fourth-order valence-electron chi connectivity index (χ4n) is 0.299. The maximum Gasteiger partial charge on any atom is 0.119 e. The van der Waals surface area contributed by atoms with Crippen LogP contribution in [0.5, 0.6) is 0 Å². The molecule has 2 atom stereocenters. The molecule has 8 heavy (non-hydrogen) atoms. The Balaban J connectivity index is 3.30. The van der Waals surface area contributed by atoms with Crippen LogP contribution in [-0.4, -0.2) is 20.3 Å². The number of aldehydes is 1. The van der Waals surface area contributed by atoms with Crippen LogP contribution in [0.15, 0.2) is 0 Å². The zero-order chi connectivity index (χ0) is 6.57. The highest BCUT2D eigenvalue weighted by atomic mass is 19.1. The van der Waals surface area contributed by atoms with Gasteiger partial charge in [0.1, 0.15) is 6.29 Å². The van der Waals surface area contributed by atoms with Crippen LogP contribution in [0.1, 0.15) is 13.3 Å². The summed E-state index contributed by atoms with van der Waals surface area (Å²) in [6, 6.07) is 0. The summed E-state index contributed by atoms with van der Waals surface area (Å²) in [6.07, 6.45) is -0.349. The van der Waals surface area contributed by atoms with Gasteiger partial charge in [-0.05, 0) is 12.7 Å². The van der Waals surface area contributed by atoms with Crippen LogP contribution in [0.2, 0.25) is 5.82 Å². The summed E-state index contributed by atoms with van der Waals surface area (Å²) in [5, 5.41) is 0. The highest BCUT2D eigenvalue weighted by Crippen LogP contribution is 2.11. The smallest absolute Gasteiger partial charge is 0.119 e. The predicted octanol–water partition coefficient (Wildman–Crippen LogP) is 0.890. The standard InChI is InChI=1S/C5H8BFO/c1-4(7)5(6)2-3-8/h3-5H,2H2,1H3/t4?,5-/m1/s1. The fraction of sp³-hybridized carbons (Fsp3) is 0.800. The van der Waals surface area contributed by atoms with E-state index in [4.69, 9.17) is 7.85 Å². The Labute approximate surface area is 49.7 Å². The van der Waals surface area contributed by atoms with E-state index in [-0.39, 0.29) is 6.42 Å². The molecule has 44 valence electrons. The van der Waals surface area contributed by atoms with Gasteiger partial charge in [-0.3, -0.25) is 0 Å². The van der Waals surface area contributed by atoms with Gasteiger partial charge < -0.3 is 4.79 Å². The molecule has 0 aliphatic carbocycles. The molecule has 0 aromatic heterocycles. The molecule has 3 heteroatoms. The second kappa shape index (κ2) is 3.64. The molecule has 0 heterocycles. The van der Waals surface area contributed by atoms with Crippen LogP contribution in [0.3, 0.4) is 0 Å². The lowest BCUT2D eigenvalue weighted by Gasteiger charge is -2.06. The number of hydrogen-bond acceptors (Lipinski definition) is 1. The van der Waals surface area contributed by atoms with E-state index < -0.39 is 12.0 Å². The van der Waals surface area contributed by atoms with Crippen molar-refractivity contribution in [2.75, 3.05) is 0 Å². The second-order valence-electron chi connectivity index (χ2n) is 1.74. The number of alkyl halides is 1. The number of hydrogen-bond donors (Lipinski definition) is 0. The second-order valence-corrected chi connectivity index (χ2v) is 1.74. The van der Waals surface area contributed by atoms with E-state index in [2.05, 4.69) is 0 Å². The van der Waals surface area contributed by atoms with Gasteiger partial charge in [-0.15, -0.1) is 0 Å². The van der Waals surface area contributed by atoms with Gasteiger partial charge in [0.05, 0.1) is 14.0 Å². The lowest BCUT2D eigenvalue weighted by molar-refractivity contribution is -0.108. The first kappa shape index (κ1) is 7.66. The number of halogens is 1. The largest absolute Gasteiger partial charge is 0.303 e. The third-order valence-corrected chi connectivity index (χ3v) is 0.958. The minimum absolute atomic E-state index is 0.109. The van der Waals surface area contributed by atoms with E-state index in [9.17, 15) is 9.18 Å². The minimum atomic E-state index is -1.08. The molecule has 0 amide bonds. The van der Waals surface area contributed by atoms with Crippen molar-refractivity contribution in [2.24, 2.45) is 0 Å². The van der Waals surface area contributed by atoms with Crippen LogP contribution < -0.4 is 0 Å². The van der Waals surface area contributed by atoms with E-state index in [1.165, 1.54) is 6.92 Å². The zero-order valence-corrected chi connectivity index (χ0v) is 4.80. The Kier molecular flexibility index (Phi) is 3.49. The van der Waals surface area contributed by atoms with Gasteiger partial charge in [0.25, 0.3) is 0 Å². The Morgan fingerprint density at radius 2 is 2.38 bits per heavy atom. The lowest BCUT2D eigenvalue weighted by Crippen LogP contribution is -2.05. The molecule has 0 fully saturated rings. The minimum Gasteiger partial charge on any atom is -0.303 e. The first-order valence-electron chi connectivity index (χ1n) is 2.51. The van der Waals surface area contributed by atoms with Gasteiger partial charge in [-0.1, -0.05) is 0 Å². The molecule has 0 aromatic rings. The maximum atomic E-state index is 12.0. The van der Waals surface area contributed by atoms with Crippen molar-refractivity contribution in [3.05, 3.63) is 0 Å². The van der Waals surface area contributed by atoms with Crippen molar-refractivity contribution < 1.29 is 9.18 Å². The lowest BCUT2D eigenvalue weighted by atomic mass is 9.82. The summed E-state index contributed by atoms with van der Waals surface area (Å²) in [5.41, 5.74) is 0. The molecule has 0 aromatic carbocycles. The van der Waals surface area contributed by atoms with Gasteiger partial charge in [-0.2, -0.15) is 0 Å². The SMILES string of the molecule is [B][C@H](CC=O)C(C)F. The third-order valence-electron chi connectivity index (χ3n) is 0.958. The van der Waals surface area contributed by atoms with Crippen molar-refractivity contribution in [3.8, 4) is 0 Å². The predicted molar refractivity (Wildman–Crippen MR) is 30.8 cm³/mol. The van der Waals surface area contributed by atoms with E-state index in [0.29, 0.717) is 6.29 Å². The fourth-order valence-corrected chi connectivity index (χ4v) is 0.299. The van der Waals surface area contributed by atoms with Crippen molar-refractivity contribution >= 4 is 14.1 Å². The molecule has 1 unspecified atom stereocenters.